The second kappa shape index (κ2) is 4.76. The lowest BCUT2D eigenvalue weighted by atomic mass is 9.83. The minimum absolute atomic E-state index is 0. The number of rotatable bonds is 1. The maximum absolute atomic E-state index is 12.6. The maximum atomic E-state index is 12.6. The molecule has 14 heavy (non-hydrogen) atoms. The lowest BCUT2D eigenvalue weighted by Gasteiger charge is -2.27. The average molecular weight is 218 g/mol. The normalized spacial score (nSPS) is 13.2. The van der Waals surface area contributed by atoms with Gasteiger partial charge in [-0.05, 0) is 23.1 Å². The van der Waals surface area contributed by atoms with Crippen LogP contribution in [-0.2, 0) is 0 Å². The zero-order valence-electron chi connectivity index (χ0n) is 8.75. The van der Waals surface area contributed by atoms with Gasteiger partial charge in [0.15, 0.2) is 0 Å². The van der Waals surface area contributed by atoms with Crippen LogP contribution in [0.3, 0.4) is 0 Å². The van der Waals surface area contributed by atoms with Crippen molar-refractivity contribution in [2.24, 2.45) is 11.1 Å². The zero-order chi connectivity index (χ0) is 10.1. The van der Waals surface area contributed by atoms with Crippen molar-refractivity contribution in [1.29, 1.82) is 0 Å². The van der Waals surface area contributed by atoms with Gasteiger partial charge in [0.05, 0.1) is 0 Å². The summed E-state index contributed by atoms with van der Waals surface area (Å²) in [7, 11) is 0. The van der Waals surface area contributed by atoms with Crippen LogP contribution in [0.15, 0.2) is 24.3 Å². The Morgan fingerprint density at radius 3 is 1.93 bits per heavy atom. The van der Waals surface area contributed by atoms with Gasteiger partial charge in [0.25, 0.3) is 0 Å². The molecule has 0 unspecified atom stereocenters. The zero-order valence-corrected chi connectivity index (χ0v) is 9.57. The molecule has 0 saturated carbocycles. The van der Waals surface area contributed by atoms with E-state index in [2.05, 4.69) is 20.8 Å². The molecule has 80 valence electrons. The Morgan fingerprint density at radius 2 is 1.57 bits per heavy atom. The fourth-order valence-electron chi connectivity index (χ4n) is 1.17. The quantitative estimate of drug-likeness (QED) is 0.768. The van der Waals surface area contributed by atoms with Gasteiger partial charge >= 0.3 is 0 Å². The van der Waals surface area contributed by atoms with E-state index < -0.39 is 0 Å². The van der Waals surface area contributed by atoms with Crippen molar-refractivity contribution >= 4 is 12.4 Å². The van der Waals surface area contributed by atoms with Crippen LogP contribution >= 0.6 is 12.4 Å². The van der Waals surface area contributed by atoms with E-state index in [0.717, 1.165) is 5.56 Å². The van der Waals surface area contributed by atoms with Crippen LogP contribution in [0.4, 0.5) is 4.39 Å². The third kappa shape index (κ3) is 3.28. The molecule has 0 radical (unpaired) electrons. The molecule has 0 amide bonds. The van der Waals surface area contributed by atoms with Crippen molar-refractivity contribution in [2.45, 2.75) is 26.8 Å². The molecular weight excluding hydrogens is 201 g/mol. The number of hydrogen-bond acceptors (Lipinski definition) is 1. The van der Waals surface area contributed by atoms with Gasteiger partial charge in [0, 0.05) is 6.04 Å². The van der Waals surface area contributed by atoms with Crippen molar-refractivity contribution in [2.75, 3.05) is 0 Å². The van der Waals surface area contributed by atoms with E-state index in [1.165, 1.54) is 12.1 Å². The van der Waals surface area contributed by atoms with Gasteiger partial charge < -0.3 is 5.73 Å². The minimum atomic E-state index is -0.218. The lowest BCUT2D eigenvalue weighted by molar-refractivity contribution is 0.327. The monoisotopic (exact) mass is 217 g/mol. The Hall–Kier alpha value is -0.600. The van der Waals surface area contributed by atoms with Crippen molar-refractivity contribution in [1.82, 2.24) is 0 Å². The lowest BCUT2D eigenvalue weighted by Crippen LogP contribution is -2.26. The molecule has 1 rings (SSSR count). The smallest absolute Gasteiger partial charge is 0.123 e. The highest BCUT2D eigenvalue weighted by Gasteiger charge is 2.21. The molecule has 0 aliphatic carbocycles. The standard InChI is InChI=1S/C11H16FN.ClH/c1-11(2,3)10(13)8-4-6-9(12)7-5-8;/h4-7,10H,13H2,1-3H3;1H/t10-;/m0./s1. The van der Waals surface area contributed by atoms with Gasteiger partial charge in [-0.3, -0.25) is 0 Å². The molecule has 0 spiro atoms. The first-order valence-electron chi connectivity index (χ1n) is 4.42. The van der Waals surface area contributed by atoms with Crippen LogP contribution in [0, 0.1) is 11.2 Å². The fourth-order valence-corrected chi connectivity index (χ4v) is 1.17. The molecule has 1 aromatic carbocycles. The van der Waals surface area contributed by atoms with E-state index in [-0.39, 0.29) is 29.7 Å². The Bertz CT molecular complexity index is 276. The SMILES string of the molecule is CC(C)(C)[C@@H](N)c1ccc(F)cc1.Cl. The summed E-state index contributed by atoms with van der Waals surface area (Å²) < 4.78 is 12.6. The molecule has 0 aromatic heterocycles. The predicted octanol–water partition coefficient (Wildman–Crippen LogP) is 3.29. The highest BCUT2D eigenvalue weighted by atomic mass is 35.5. The molecule has 1 nitrogen and oxygen atoms in total. The van der Waals surface area contributed by atoms with Crippen molar-refractivity contribution in [3.05, 3.63) is 35.6 Å². The van der Waals surface area contributed by atoms with E-state index >= 15 is 0 Å². The van der Waals surface area contributed by atoms with Gasteiger partial charge in [-0.25, -0.2) is 4.39 Å². The summed E-state index contributed by atoms with van der Waals surface area (Å²) in [5, 5.41) is 0. The first-order valence-corrected chi connectivity index (χ1v) is 4.42. The van der Waals surface area contributed by atoms with Crippen molar-refractivity contribution < 1.29 is 4.39 Å². The molecule has 0 aliphatic heterocycles. The third-order valence-electron chi connectivity index (χ3n) is 2.16. The molecule has 0 heterocycles. The molecule has 0 saturated heterocycles. The van der Waals surface area contributed by atoms with Gasteiger partial charge in [0.1, 0.15) is 5.82 Å². The third-order valence-corrected chi connectivity index (χ3v) is 2.16. The van der Waals surface area contributed by atoms with Crippen LogP contribution < -0.4 is 5.73 Å². The molecule has 3 heteroatoms. The van der Waals surface area contributed by atoms with Crippen molar-refractivity contribution in [3.63, 3.8) is 0 Å². The Morgan fingerprint density at radius 1 is 1.14 bits per heavy atom. The molecule has 0 fully saturated rings. The summed E-state index contributed by atoms with van der Waals surface area (Å²) in [6.45, 7) is 6.21. The van der Waals surface area contributed by atoms with Gasteiger partial charge in [0.2, 0.25) is 0 Å². The Labute approximate surface area is 90.9 Å². The summed E-state index contributed by atoms with van der Waals surface area (Å²) in [5.74, 6) is -0.218. The summed E-state index contributed by atoms with van der Waals surface area (Å²) in [6.07, 6.45) is 0. The second-order valence-corrected chi connectivity index (χ2v) is 4.40. The Kier molecular flexibility index (Phi) is 4.56. The van der Waals surface area contributed by atoms with Crippen LogP contribution in [0.1, 0.15) is 32.4 Å². The number of benzene rings is 1. The van der Waals surface area contributed by atoms with Gasteiger partial charge in [-0.15, -0.1) is 12.4 Å². The predicted molar refractivity (Wildman–Crippen MR) is 60.0 cm³/mol. The molecule has 0 bridgehead atoms. The molecule has 2 N–H and O–H groups in total. The van der Waals surface area contributed by atoms with E-state index in [4.69, 9.17) is 5.73 Å². The minimum Gasteiger partial charge on any atom is -0.324 e. The van der Waals surface area contributed by atoms with Gasteiger partial charge in [-0.2, -0.15) is 0 Å². The Balaban J connectivity index is 0.00000169. The van der Waals surface area contributed by atoms with Crippen LogP contribution in [-0.4, -0.2) is 0 Å². The number of nitrogens with two attached hydrogens (primary N) is 1. The maximum Gasteiger partial charge on any atom is 0.123 e. The highest BCUT2D eigenvalue weighted by molar-refractivity contribution is 5.85. The van der Waals surface area contributed by atoms with Gasteiger partial charge in [-0.1, -0.05) is 32.9 Å². The first kappa shape index (κ1) is 13.4. The molecular formula is C11H17ClFN. The highest BCUT2D eigenvalue weighted by Crippen LogP contribution is 2.30. The van der Waals surface area contributed by atoms with Crippen molar-refractivity contribution in [3.8, 4) is 0 Å². The summed E-state index contributed by atoms with van der Waals surface area (Å²) in [4.78, 5) is 0. The molecule has 1 atom stereocenters. The van der Waals surface area contributed by atoms with E-state index in [0.29, 0.717) is 0 Å². The average Bonchev–Trinajstić information content (AvgIpc) is 2.03. The topological polar surface area (TPSA) is 26.0 Å². The van der Waals surface area contributed by atoms with E-state index in [1.54, 1.807) is 12.1 Å². The summed E-state index contributed by atoms with van der Waals surface area (Å²) in [5.41, 5.74) is 6.99. The van der Waals surface area contributed by atoms with Crippen LogP contribution in [0.2, 0.25) is 0 Å². The number of hydrogen-bond donors (Lipinski definition) is 1. The second-order valence-electron chi connectivity index (χ2n) is 4.40. The van der Waals surface area contributed by atoms with E-state index in [1.807, 2.05) is 0 Å². The summed E-state index contributed by atoms with van der Waals surface area (Å²) in [6, 6.07) is 6.33. The summed E-state index contributed by atoms with van der Waals surface area (Å²) >= 11 is 0. The number of halogens is 2. The van der Waals surface area contributed by atoms with Crippen LogP contribution in [0.25, 0.3) is 0 Å². The first-order chi connectivity index (χ1) is 5.91. The molecule has 1 aromatic rings. The fraction of sp³-hybridized carbons (Fsp3) is 0.455. The molecule has 0 aliphatic rings. The largest absolute Gasteiger partial charge is 0.324 e. The van der Waals surface area contributed by atoms with E-state index in [9.17, 15) is 4.39 Å². The van der Waals surface area contributed by atoms with Crippen LogP contribution in [0.5, 0.6) is 0 Å².